The highest BCUT2D eigenvalue weighted by Crippen LogP contribution is 2.43. The predicted octanol–water partition coefficient (Wildman–Crippen LogP) is 17.9. The van der Waals surface area contributed by atoms with Crippen LogP contribution in [-0.2, 0) is 32.7 Å². The lowest BCUT2D eigenvalue weighted by Gasteiger charge is -2.19. The molecule has 0 heterocycles. The van der Waals surface area contributed by atoms with Crippen LogP contribution in [-0.4, -0.2) is 49.3 Å². The van der Waals surface area contributed by atoms with Gasteiger partial charge in [-0.05, 0) is 44.9 Å². The van der Waals surface area contributed by atoms with Gasteiger partial charge in [-0.1, -0.05) is 263 Å². The van der Waals surface area contributed by atoms with Crippen molar-refractivity contribution in [3.8, 4) is 0 Å². The zero-order chi connectivity index (χ0) is 48.8. The minimum absolute atomic E-state index is 0.0539. The maximum Gasteiger partial charge on any atom is 0.472 e. The molecule has 0 aromatic heterocycles. The van der Waals surface area contributed by atoms with E-state index in [9.17, 15) is 19.0 Å². The Labute approximate surface area is 414 Å². The molecule has 0 aliphatic carbocycles. The molecule has 0 aromatic carbocycles. The molecular formula is C57H110NO8P. The van der Waals surface area contributed by atoms with Crippen LogP contribution >= 0.6 is 7.82 Å². The van der Waals surface area contributed by atoms with E-state index in [1.54, 1.807) is 0 Å². The molecule has 0 amide bonds. The summed E-state index contributed by atoms with van der Waals surface area (Å²) >= 11 is 0. The van der Waals surface area contributed by atoms with Gasteiger partial charge in [-0.15, -0.1) is 0 Å². The Morgan fingerprint density at radius 3 is 1.16 bits per heavy atom. The van der Waals surface area contributed by atoms with Crippen molar-refractivity contribution < 1.29 is 37.6 Å². The van der Waals surface area contributed by atoms with Crippen LogP contribution in [0.2, 0.25) is 0 Å². The van der Waals surface area contributed by atoms with E-state index in [1.165, 1.54) is 212 Å². The lowest BCUT2D eigenvalue weighted by Crippen LogP contribution is -2.29. The second-order valence-electron chi connectivity index (χ2n) is 19.5. The summed E-state index contributed by atoms with van der Waals surface area (Å²) in [4.78, 5) is 35.1. The SMILES string of the molecule is CCCCC/C=C\C/C=C\CCCCCCCCCC(=O)OC(COC(=O)CCCCCCCCCCCCCCCCCCCCCCCCCCCCCCC)COP(=O)(O)OCCN. The highest BCUT2D eigenvalue weighted by Gasteiger charge is 2.26. The summed E-state index contributed by atoms with van der Waals surface area (Å²) in [6.45, 7) is 3.76. The van der Waals surface area contributed by atoms with E-state index in [-0.39, 0.29) is 38.6 Å². The van der Waals surface area contributed by atoms with Crippen molar-refractivity contribution in [2.45, 2.75) is 302 Å². The smallest absolute Gasteiger partial charge is 0.462 e. The van der Waals surface area contributed by atoms with Crippen molar-refractivity contribution in [2.24, 2.45) is 5.73 Å². The normalized spacial score (nSPS) is 13.2. The zero-order valence-electron chi connectivity index (χ0n) is 44.2. The first-order valence-electron chi connectivity index (χ1n) is 28.8. The fourth-order valence-electron chi connectivity index (χ4n) is 8.55. The van der Waals surface area contributed by atoms with Crippen molar-refractivity contribution in [3.05, 3.63) is 24.3 Å². The van der Waals surface area contributed by atoms with Crippen molar-refractivity contribution in [1.82, 2.24) is 0 Å². The van der Waals surface area contributed by atoms with Gasteiger partial charge in [0.15, 0.2) is 6.10 Å². The summed E-state index contributed by atoms with van der Waals surface area (Å²) in [6, 6.07) is 0. The predicted molar refractivity (Wildman–Crippen MR) is 284 cm³/mol. The van der Waals surface area contributed by atoms with E-state index >= 15 is 0 Å². The Morgan fingerprint density at radius 1 is 0.448 bits per heavy atom. The van der Waals surface area contributed by atoms with Crippen LogP contribution in [0.5, 0.6) is 0 Å². The van der Waals surface area contributed by atoms with Gasteiger partial charge in [-0.3, -0.25) is 18.6 Å². The van der Waals surface area contributed by atoms with Gasteiger partial charge in [0.05, 0.1) is 13.2 Å². The van der Waals surface area contributed by atoms with Crippen LogP contribution in [0.25, 0.3) is 0 Å². The molecule has 0 aliphatic heterocycles. The topological polar surface area (TPSA) is 134 Å². The molecule has 0 saturated heterocycles. The highest BCUT2D eigenvalue weighted by molar-refractivity contribution is 7.47. The van der Waals surface area contributed by atoms with Gasteiger partial charge in [-0.2, -0.15) is 0 Å². The summed E-state index contributed by atoms with van der Waals surface area (Å²) in [7, 11) is -4.38. The molecule has 10 heteroatoms. The van der Waals surface area contributed by atoms with Gasteiger partial charge in [0.1, 0.15) is 6.61 Å². The van der Waals surface area contributed by atoms with Crippen LogP contribution in [0, 0.1) is 0 Å². The third-order valence-corrected chi connectivity index (χ3v) is 13.8. The van der Waals surface area contributed by atoms with Crippen LogP contribution < -0.4 is 5.73 Å². The molecule has 2 atom stereocenters. The van der Waals surface area contributed by atoms with Gasteiger partial charge in [0, 0.05) is 19.4 Å². The van der Waals surface area contributed by atoms with Gasteiger partial charge < -0.3 is 20.1 Å². The third kappa shape index (κ3) is 53.7. The average Bonchev–Trinajstić information content (AvgIpc) is 3.32. The quantitative estimate of drug-likeness (QED) is 0.0264. The monoisotopic (exact) mass is 968 g/mol. The minimum Gasteiger partial charge on any atom is -0.462 e. The molecule has 2 unspecified atom stereocenters. The molecule has 0 aromatic rings. The third-order valence-electron chi connectivity index (χ3n) is 12.8. The van der Waals surface area contributed by atoms with Gasteiger partial charge in [0.25, 0.3) is 0 Å². The Morgan fingerprint density at radius 2 is 0.776 bits per heavy atom. The van der Waals surface area contributed by atoms with Crippen molar-refractivity contribution in [2.75, 3.05) is 26.4 Å². The molecule has 0 saturated carbocycles. The minimum atomic E-state index is -4.38. The van der Waals surface area contributed by atoms with E-state index < -0.39 is 26.5 Å². The highest BCUT2D eigenvalue weighted by atomic mass is 31.2. The average molecular weight is 968 g/mol. The number of nitrogens with two attached hydrogens (primary N) is 1. The second kappa shape index (κ2) is 53.8. The molecule has 67 heavy (non-hydrogen) atoms. The van der Waals surface area contributed by atoms with Gasteiger partial charge in [-0.25, -0.2) is 4.57 Å². The number of carbonyl (C=O) groups is 2. The lowest BCUT2D eigenvalue weighted by atomic mass is 10.0. The Balaban J connectivity index is 3.88. The number of unbranched alkanes of at least 4 members (excludes halogenated alkanes) is 38. The maximum absolute atomic E-state index is 12.7. The lowest BCUT2D eigenvalue weighted by molar-refractivity contribution is -0.161. The number of carbonyl (C=O) groups excluding carboxylic acids is 2. The number of allylic oxidation sites excluding steroid dienone is 4. The fraction of sp³-hybridized carbons (Fsp3) is 0.895. The molecule has 0 aliphatic rings. The summed E-state index contributed by atoms with van der Waals surface area (Å²) in [6.07, 6.45) is 62.4. The number of ether oxygens (including phenoxy) is 2. The standard InChI is InChI=1S/C57H110NO8P/c1-3-5-7-9-11-13-15-17-19-21-22-23-24-25-26-27-28-29-30-31-32-34-35-37-39-41-43-45-47-49-56(59)63-53-55(54-65-67(61,62)64-52-51-58)66-57(60)50-48-46-44-42-40-38-36-33-20-18-16-14-12-10-8-6-4-2/h12,14,18,20,55H,3-11,13,15-17,19,21-54,58H2,1-2H3,(H,61,62)/b14-12-,20-18-. The van der Waals surface area contributed by atoms with E-state index in [4.69, 9.17) is 24.3 Å². The Hall–Kier alpha value is -1.51. The summed E-state index contributed by atoms with van der Waals surface area (Å²) in [5.74, 6) is -0.822. The molecule has 0 spiro atoms. The molecule has 0 radical (unpaired) electrons. The fourth-order valence-corrected chi connectivity index (χ4v) is 9.32. The van der Waals surface area contributed by atoms with Crippen LogP contribution in [0.1, 0.15) is 296 Å². The summed E-state index contributed by atoms with van der Waals surface area (Å²) in [5, 5.41) is 0. The molecule has 9 nitrogen and oxygen atoms in total. The van der Waals surface area contributed by atoms with Crippen LogP contribution in [0.15, 0.2) is 24.3 Å². The molecule has 3 N–H and O–H groups in total. The maximum atomic E-state index is 12.7. The van der Waals surface area contributed by atoms with Crippen LogP contribution in [0.4, 0.5) is 0 Å². The van der Waals surface area contributed by atoms with Crippen LogP contribution in [0.3, 0.4) is 0 Å². The van der Waals surface area contributed by atoms with Crippen molar-refractivity contribution in [3.63, 3.8) is 0 Å². The van der Waals surface area contributed by atoms with E-state index in [1.807, 2.05) is 0 Å². The largest absolute Gasteiger partial charge is 0.472 e. The number of rotatable bonds is 55. The van der Waals surface area contributed by atoms with Crippen molar-refractivity contribution in [1.29, 1.82) is 0 Å². The first-order chi connectivity index (χ1) is 32.8. The first kappa shape index (κ1) is 65.5. The summed E-state index contributed by atoms with van der Waals surface area (Å²) in [5.41, 5.74) is 5.38. The molecular weight excluding hydrogens is 858 g/mol. The Bertz CT molecular complexity index is 1150. The van der Waals surface area contributed by atoms with E-state index in [2.05, 4.69) is 38.2 Å². The number of hydrogen-bond acceptors (Lipinski definition) is 8. The number of esters is 2. The number of phosphoric acid groups is 1. The van der Waals surface area contributed by atoms with Crippen molar-refractivity contribution >= 4 is 19.8 Å². The molecule has 0 bridgehead atoms. The zero-order valence-corrected chi connectivity index (χ0v) is 45.1. The Kier molecular flexibility index (Phi) is 52.6. The number of phosphoric ester groups is 1. The second-order valence-corrected chi connectivity index (χ2v) is 21.0. The number of hydrogen-bond donors (Lipinski definition) is 2. The molecule has 0 rings (SSSR count). The first-order valence-corrected chi connectivity index (χ1v) is 30.3. The molecule has 396 valence electrons. The molecule has 0 fully saturated rings. The van der Waals surface area contributed by atoms with Gasteiger partial charge >= 0.3 is 19.8 Å². The summed E-state index contributed by atoms with van der Waals surface area (Å²) < 4.78 is 33.0. The van der Waals surface area contributed by atoms with Gasteiger partial charge in [0.2, 0.25) is 0 Å². The van der Waals surface area contributed by atoms with E-state index in [0.29, 0.717) is 6.42 Å². The van der Waals surface area contributed by atoms with E-state index in [0.717, 1.165) is 51.4 Å².